The van der Waals surface area contributed by atoms with Gasteiger partial charge in [0.25, 0.3) is 7.82 Å². The molecule has 2 N–H and O–H groups in total. The molecule has 0 aromatic rings. The maximum atomic E-state index is 12.9. The van der Waals surface area contributed by atoms with Gasteiger partial charge in [0.1, 0.15) is 13.2 Å². The third-order valence-corrected chi connectivity index (χ3v) is 12.3. The Labute approximate surface area is 372 Å². The molecule has 1 amide bonds. The van der Waals surface area contributed by atoms with Crippen molar-refractivity contribution < 1.29 is 32.9 Å². The first-order valence-electron chi connectivity index (χ1n) is 25.4. The molecule has 0 fully saturated rings. The van der Waals surface area contributed by atoms with Crippen molar-refractivity contribution in [3.8, 4) is 0 Å². The number of quaternary nitrogens is 1. The minimum Gasteiger partial charge on any atom is -0.756 e. The molecule has 9 heteroatoms. The van der Waals surface area contributed by atoms with Crippen LogP contribution in [0.4, 0.5) is 0 Å². The fourth-order valence-electron chi connectivity index (χ4n) is 7.30. The molecule has 0 aliphatic heterocycles. The van der Waals surface area contributed by atoms with Crippen molar-refractivity contribution in [1.29, 1.82) is 0 Å². The standard InChI is InChI=1S/C51H99N2O6P/c1-6-8-10-12-14-16-18-20-22-24-25-26-27-28-29-30-32-34-36-38-40-42-44-50(54)49(48-59-60(56,57)58-47-46-53(3,4)5)52-51(55)45-43-41-39-37-35-33-31-23-21-19-17-15-13-11-9-7-2/h28-29,34,36,42,44,49-50,54H,6-27,30-33,35,37-41,43,45-48H2,1-5H3,(H-,52,55,56,57)/b29-28+,36-34+,44-42+. The maximum absolute atomic E-state index is 12.9. The Balaban J connectivity index is 4.39. The number of aliphatic hydroxyl groups is 1. The summed E-state index contributed by atoms with van der Waals surface area (Å²) in [7, 11) is 1.24. The van der Waals surface area contributed by atoms with Crippen molar-refractivity contribution in [3.63, 3.8) is 0 Å². The Morgan fingerprint density at radius 2 is 0.933 bits per heavy atom. The second-order valence-electron chi connectivity index (χ2n) is 18.5. The van der Waals surface area contributed by atoms with Gasteiger partial charge in [-0.05, 0) is 44.9 Å². The summed E-state index contributed by atoms with van der Waals surface area (Å²) in [4.78, 5) is 25.4. The molecule has 0 bridgehead atoms. The van der Waals surface area contributed by atoms with Crippen molar-refractivity contribution >= 4 is 13.7 Å². The molecule has 0 spiro atoms. The summed E-state index contributed by atoms with van der Waals surface area (Å²) in [5, 5.41) is 13.8. The van der Waals surface area contributed by atoms with Crippen LogP contribution in [0.15, 0.2) is 36.5 Å². The summed E-state index contributed by atoms with van der Waals surface area (Å²) in [5.74, 6) is -0.209. The highest BCUT2D eigenvalue weighted by molar-refractivity contribution is 7.45. The summed E-state index contributed by atoms with van der Waals surface area (Å²) in [5.41, 5.74) is 0. The molecule has 0 saturated heterocycles. The van der Waals surface area contributed by atoms with Gasteiger partial charge in [-0.3, -0.25) is 9.36 Å². The van der Waals surface area contributed by atoms with Gasteiger partial charge in [0.15, 0.2) is 0 Å². The van der Waals surface area contributed by atoms with Gasteiger partial charge in [0, 0.05) is 6.42 Å². The first-order valence-corrected chi connectivity index (χ1v) is 26.8. The highest BCUT2D eigenvalue weighted by Gasteiger charge is 2.23. The largest absolute Gasteiger partial charge is 0.756 e. The third-order valence-electron chi connectivity index (χ3n) is 11.3. The number of phosphoric acid groups is 1. The van der Waals surface area contributed by atoms with E-state index in [2.05, 4.69) is 43.5 Å². The van der Waals surface area contributed by atoms with Crippen LogP contribution in [-0.4, -0.2) is 68.5 Å². The number of unbranched alkanes of at least 4 members (excludes halogenated alkanes) is 29. The Morgan fingerprint density at radius 3 is 1.35 bits per heavy atom. The first kappa shape index (κ1) is 58.7. The molecular weight excluding hydrogens is 768 g/mol. The predicted molar refractivity (Wildman–Crippen MR) is 256 cm³/mol. The summed E-state index contributed by atoms with van der Waals surface area (Å²) in [6.07, 6.45) is 53.5. The van der Waals surface area contributed by atoms with E-state index in [9.17, 15) is 19.4 Å². The minimum atomic E-state index is -4.60. The van der Waals surface area contributed by atoms with Crippen LogP contribution in [0.2, 0.25) is 0 Å². The van der Waals surface area contributed by atoms with Gasteiger partial charge in [0.2, 0.25) is 5.91 Å². The molecule has 354 valence electrons. The molecule has 0 saturated carbocycles. The molecule has 0 aromatic carbocycles. The summed E-state index contributed by atoms with van der Waals surface area (Å²) >= 11 is 0. The minimum absolute atomic E-state index is 0.00764. The summed E-state index contributed by atoms with van der Waals surface area (Å²) in [6, 6.07) is -0.906. The van der Waals surface area contributed by atoms with Gasteiger partial charge < -0.3 is 28.8 Å². The predicted octanol–water partition coefficient (Wildman–Crippen LogP) is 14.0. The highest BCUT2D eigenvalue weighted by Crippen LogP contribution is 2.38. The van der Waals surface area contributed by atoms with E-state index in [4.69, 9.17) is 9.05 Å². The molecule has 3 atom stereocenters. The molecule has 0 aliphatic rings. The molecule has 0 radical (unpaired) electrons. The van der Waals surface area contributed by atoms with Crippen LogP contribution in [0.5, 0.6) is 0 Å². The summed E-state index contributed by atoms with van der Waals surface area (Å²) < 4.78 is 23.2. The molecule has 0 aliphatic carbocycles. The molecule has 8 nitrogen and oxygen atoms in total. The molecule has 0 rings (SSSR count). The average molecular weight is 867 g/mol. The number of hydrogen-bond acceptors (Lipinski definition) is 6. The number of allylic oxidation sites excluding steroid dienone is 5. The number of likely N-dealkylation sites (N-methyl/N-ethyl adjacent to an activating group) is 1. The van der Waals surface area contributed by atoms with E-state index in [1.54, 1.807) is 6.08 Å². The number of hydrogen-bond donors (Lipinski definition) is 2. The number of rotatable bonds is 46. The van der Waals surface area contributed by atoms with Gasteiger partial charge in [-0.15, -0.1) is 0 Å². The number of aliphatic hydroxyl groups excluding tert-OH is 1. The van der Waals surface area contributed by atoms with E-state index in [-0.39, 0.29) is 12.5 Å². The van der Waals surface area contributed by atoms with Crippen molar-refractivity contribution in [2.75, 3.05) is 40.9 Å². The molecular formula is C51H99N2O6P. The molecule has 60 heavy (non-hydrogen) atoms. The second-order valence-corrected chi connectivity index (χ2v) is 19.9. The number of amides is 1. The van der Waals surface area contributed by atoms with Crippen LogP contribution in [0.25, 0.3) is 0 Å². The smallest absolute Gasteiger partial charge is 0.268 e. The lowest BCUT2D eigenvalue weighted by Gasteiger charge is -2.29. The number of carbonyl (C=O) groups excluding carboxylic acids is 1. The maximum Gasteiger partial charge on any atom is 0.268 e. The first-order chi connectivity index (χ1) is 29.0. The fraction of sp³-hybridized carbons (Fsp3) is 0.863. The zero-order valence-corrected chi connectivity index (χ0v) is 41.1. The van der Waals surface area contributed by atoms with Crippen LogP contribution < -0.4 is 10.2 Å². The Hall–Kier alpha value is -1.28. The van der Waals surface area contributed by atoms with Crippen LogP contribution in [0.3, 0.4) is 0 Å². The van der Waals surface area contributed by atoms with Crippen molar-refractivity contribution in [1.82, 2.24) is 5.32 Å². The lowest BCUT2D eigenvalue weighted by Crippen LogP contribution is -2.45. The van der Waals surface area contributed by atoms with Gasteiger partial charge >= 0.3 is 0 Å². The Kier molecular flexibility index (Phi) is 42.1. The van der Waals surface area contributed by atoms with Crippen LogP contribution in [-0.2, 0) is 18.4 Å². The van der Waals surface area contributed by atoms with E-state index >= 15 is 0 Å². The van der Waals surface area contributed by atoms with Gasteiger partial charge in [-0.25, -0.2) is 0 Å². The van der Waals surface area contributed by atoms with Gasteiger partial charge in [-0.2, -0.15) is 0 Å². The number of nitrogens with zero attached hydrogens (tertiary/aromatic N) is 1. The Morgan fingerprint density at radius 1 is 0.567 bits per heavy atom. The Bertz CT molecular complexity index is 1070. The van der Waals surface area contributed by atoms with Crippen LogP contribution in [0.1, 0.15) is 232 Å². The SMILES string of the molecule is CCCCCCCCCCCCCC/C=C/CC/C=C/CC/C=C/C(O)C(COP(=O)([O-])OCC[N+](C)(C)C)NC(=O)CCCCCCCCCCCCCCCCCC. The zero-order valence-electron chi connectivity index (χ0n) is 40.2. The fourth-order valence-corrected chi connectivity index (χ4v) is 8.03. The van der Waals surface area contributed by atoms with E-state index < -0.39 is 26.6 Å². The molecule has 0 aromatic heterocycles. The zero-order chi connectivity index (χ0) is 44.3. The lowest BCUT2D eigenvalue weighted by atomic mass is 10.0. The van der Waals surface area contributed by atoms with Crippen LogP contribution >= 0.6 is 7.82 Å². The topological polar surface area (TPSA) is 108 Å². The van der Waals surface area contributed by atoms with Crippen molar-refractivity contribution in [3.05, 3.63) is 36.5 Å². The van der Waals surface area contributed by atoms with Crippen molar-refractivity contribution in [2.45, 2.75) is 244 Å². The third kappa shape index (κ3) is 44.8. The number of carbonyl (C=O) groups is 1. The molecule has 0 heterocycles. The quantitative estimate of drug-likeness (QED) is 0.0273. The second kappa shape index (κ2) is 43.0. The normalized spacial score (nSPS) is 14.4. The van der Waals surface area contributed by atoms with Gasteiger partial charge in [0.05, 0.1) is 39.9 Å². The van der Waals surface area contributed by atoms with E-state index in [1.807, 2.05) is 27.2 Å². The van der Waals surface area contributed by atoms with Crippen LogP contribution in [0, 0.1) is 0 Å². The highest BCUT2D eigenvalue weighted by atomic mass is 31.2. The van der Waals surface area contributed by atoms with E-state index in [0.717, 1.165) is 44.9 Å². The number of phosphoric ester groups is 1. The van der Waals surface area contributed by atoms with E-state index in [1.165, 1.54) is 167 Å². The monoisotopic (exact) mass is 867 g/mol. The number of nitrogens with one attached hydrogen (secondary N) is 1. The summed E-state index contributed by atoms with van der Waals surface area (Å²) in [6.45, 7) is 4.64. The van der Waals surface area contributed by atoms with Crippen molar-refractivity contribution in [2.24, 2.45) is 0 Å². The lowest BCUT2D eigenvalue weighted by molar-refractivity contribution is -0.870. The average Bonchev–Trinajstić information content (AvgIpc) is 3.20. The van der Waals surface area contributed by atoms with E-state index in [0.29, 0.717) is 17.4 Å². The molecule has 3 unspecified atom stereocenters. The van der Waals surface area contributed by atoms with Gasteiger partial charge in [-0.1, -0.05) is 217 Å².